The molecule has 1 aromatic heterocycles. The van der Waals surface area contributed by atoms with E-state index in [1.807, 2.05) is 0 Å². The van der Waals surface area contributed by atoms with E-state index in [-0.39, 0.29) is 29.9 Å². The Labute approximate surface area is 163 Å². The number of halogens is 3. The molecule has 2 N–H and O–H groups in total. The van der Waals surface area contributed by atoms with Crippen molar-refractivity contribution in [2.45, 2.75) is 38.5 Å². The van der Waals surface area contributed by atoms with Gasteiger partial charge in [0.05, 0.1) is 12.1 Å². The van der Waals surface area contributed by atoms with E-state index in [9.17, 15) is 22.8 Å². The van der Waals surface area contributed by atoms with Crippen molar-refractivity contribution in [3.05, 3.63) is 35.3 Å². The van der Waals surface area contributed by atoms with Crippen LogP contribution in [0.25, 0.3) is 0 Å². The molecule has 28 heavy (non-hydrogen) atoms. The van der Waals surface area contributed by atoms with Gasteiger partial charge in [0.2, 0.25) is 11.8 Å². The number of ether oxygens (including phenoxy) is 1. The number of aromatic nitrogens is 1. The maximum Gasteiger partial charge on any atom is 0.573 e. The standard InChI is InChI=1S/C18H18F3N3O3S/c19-18(20,21)27-14-7-5-12(6-8-14)22-15(25)9-13-10-28-17(23-13)24-16(26)11-3-1-2-4-11/h5-8,10-11H,1-4,9H2,(H,22,25)(H,23,24,26). The zero-order chi connectivity index (χ0) is 20.1. The molecule has 2 amide bonds. The summed E-state index contributed by atoms with van der Waals surface area (Å²) < 4.78 is 40.2. The number of nitrogens with one attached hydrogen (secondary N) is 2. The Balaban J connectivity index is 1.49. The van der Waals surface area contributed by atoms with Crippen molar-refractivity contribution in [2.24, 2.45) is 5.92 Å². The van der Waals surface area contributed by atoms with Crippen molar-refractivity contribution < 1.29 is 27.5 Å². The number of carbonyl (C=O) groups excluding carboxylic acids is 2. The van der Waals surface area contributed by atoms with Gasteiger partial charge in [-0.1, -0.05) is 12.8 Å². The van der Waals surface area contributed by atoms with Gasteiger partial charge in [-0.05, 0) is 37.1 Å². The molecule has 0 saturated heterocycles. The van der Waals surface area contributed by atoms with E-state index >= 15 is 0 Å². The van der Waals surface area contributed by atoms with Crippen LogP contribution in [0.3, 0.4) is 0 Å². The highest BCUT2D eigenvalue weighted by atomic mass is 32.1. The summed E-state index contributed by atoms with van der Waals surface area (Å²) in [7, 11) is 0. The van der Waals surface area contributed by atoms with Gasteiger partial charge in [-0.3, -0.25) is 9.59 Å². The Morgan fingerprint density at radius 3 is 2.46 bits per heavy atom. The number of amides is 2. The summed E-state index contributed by atoms with van der Waals surface area (Å²) in [6.07, 6.45) is -0.884. The molecule has 0 unspecified atom stereocenters. The summed E-state index contributed by atoms with van der Waals surface area (Å²) in [6, 6.07) is 4.85. The molecule has 3 rings (SSSR count). The molecule has 2 aromatic rings. The Bertz CT molecular complexity index is 831. The number of rotatable bonds is 6. The molecular formula is C18H18F3N3O3S. The summed E-state index contributed by atoms with van der Waals surface area (Å²) in [6.45, 7) is 0. The minimum atomic E-state index is -4.76. The number of anilines is 2. The Hall–Kier alpha value is -2.62. The normalized spacial score (nSPS) is 14.7. The zero-order valence-corrected chi connectivity index (χ0v) is 15.5. The van der Waals surface area contributed by atoms with E-state index in [1.54, 1.807) is 5.38 Å². The van der Waals surface area contributed by atoms with Crippen molar-refractivity contribution in [1.29, 1.82) is 0 Å². The second kappa shape index (κ2) is 8.59. The van der Waals surface area contributed by atoms with E-state index in [0.29, 0.717) is 16.5 Å². The van der Waals surface area contributed by atoms with Crippen molar-refractivity contribution >= 4 is 34.0 Å². The molecule has 0 aliphatic heterocycles. The average molecular weight is 413 g/mol. The van der Waals surface area contributed by atoms with Gasteiger partial charge in [0.25, 0.3) is 0 Å². The monoisotopic (exact) mass is 413 g/mol. The van der Waals surface area contributed by atoms with Crippen molar-refractivity contribution in [3.8, 4) is 5.75 Å². The van der Waals surface area contributed by atoms with Crippen LogP contribution in [-0.2, 0) is 16.0 Å². The van der Waals surface area contributed by atoms with Crippen LogP contribution in [0, 0.1) is 5.92 Å². The molecule has 0 radical (unpaired) electrons. The van der Waals surface area contributed by atoms with Crippen LogP contribution in [0.15, 0.2) is 29.6 Å². The molecule has 0 atom stereocenters. The number of hydrogen-bond acceptors (Lipinski definition) is 5. The lowest BCUT2D eigenvalue weighted by Gasteiger charge is -2.09. The maximum absolute atomic E-state index is 12.1. The quantitative estimate of drug-likeness (QED) is 0.738. The average Bonchev–Trinajstić information content (AvgIpc) is 3.27. The van der Waals surface area contributed by atoms with Gasteiger partial charge in [-0.25, -0.2) is 4.98 Å². The molecule has 150 valence electrons. The molecular weight excluding hydrogens is 395 g/mol. The van der Waals surface area contributed by atoms with Crippen LogP contribution in [-0.4, -0.2) is 23.2 Å². The van der Waals surface area contributed by atoms with E-state index in [4.69, 9.17) is 0 Å². The van der Waals surface area contributed by atoms with Crippen LogP contribution in [0.5, 0.6) is 5.75 Å². The predicted octanol–water partition coefficient (Wildman–Crippen LogP) is 4.35. The van der Waals surface area contributed by atoms with Gasteiger partial charge in [-0.15, -0.1) is 24.5 Å². The highest BCUT2D eigenvalue weighted by molar-refractivity contribution is 7.13. The van der Waals surface area contributed by atoms with Crippen molar-refractivity contribution in [1.82, 2.24) is 4.98 Å². The maximum atomic E-state index is 12.1. The zero-order valence-electron chi connectivity index (χ0n) is 14.7. The fourth-order valence-electron chi connectivity index (χ4n) is 2.95. The lowest BCUT2D eigenvalue weighted by Crippen LogP contribution is -2.20. The highest BCUT2D eigenvalue weighted by Crippen LogP contribution is 2.27. The first-order valence-electron chi connectivity index (χ1n) is 8.69. The van der Waals surface area contributed by atoms with Gasteiger partial charge < -0.3 is 15.4 Å². The van der Waals surface area contributed by atoms with Gasteiger partial charge in [0.15, 0.2) is 5.13 Å². The SMILES string of the molecule is O=C(Cc1csc(NC(=O)C2CCCC2)n1)Nc1ccc(OC(F)(F)F)cc1. The van der Waals surface area contributed by atoms with Crippen LogP contribution in [0.2, 0.25) is 0 Å². The van der Waals surface area contributed by atoms with E-state index in [1.165, 1.54) is 23.5 Å². The number of carbonyl (C=O) groups is 2. The number of alkyl halides is 3. The van der Waals surface area contributed by atoms with Gasteiger partial charge in [0, 0.05) is 17.0 Å². The third-order valence-corrected chi connectivity index (χ3v) is 5.03. The first-order valence-corrected chi connectivity index (χ1v) is 9.57. The Morgan fingerprint density at radius 2 is 1.82 bits per heavy atom. The Kier molecular flexibility index (Phi) is 6.18. The number of hydrogen-bond donors (Lipinski definition) is 2. The van der Waals surface area contributed by atoms with Crippen LogP contribution in [0.4, 0.5) is 24.0 Å². The highest BCUT2D eigenvalue weighted by Gasteiger charge is 2.31. The lowest BCUT2D eigenvalue weighted by molar-refractivity contribution is -0.274. The molecule has 1 aliphatic carbocycles. The summed E-state index contributed by atoms with van der Waals surface area (Å²) in [5, 5.41) is 7.50. The van der Waals surface area contributed by atoms with Gasteiger partial charge >= 0.3 is 6.36 Å². The number of benzene rings is 1. The summed E-state index contributed by atoms with van der Waals surface area (Å²) >= 11 is 1.25. The molecule has 10 heteroatoms. The summed E-state index contributed by atoms with van der Waals surface area (Å²) in [5.41, 5.74) is 0.839. The second-order valence-electron chi connectivity index (χ2n) is 6.41. The number of nitrogens with zero attached hydrogens (tertiary/aromatic N) is 1. The third-order valence-electron chi connectivity index (χ3n) is 4.22. The van der Waals surface area contributed by atoms with Crippen LogP contribution in [0.1, 0.15) is 31.4 Å². The first-order chi connectivity index (χ1) is 13.3. The second-order valence-corrected chi connectivity index (χ2v) is 7.27. The fraction of sp³-hybridized carbons (Fsp3) is 0.389. The van der Waals surface area contributed by atoms with E-state index in [0.717, 1.165) is 37.8 Å². The Morgan fingerprint density at radius 1 is 1.14 bits per heavy atom. The lowest BCUT2D eigenvalue weighted by atomic mass is 10.1. The molecule has 1 saturated carbocycles. The largest absolute Gasteiger partial charge is 0.573 e. The summed E-state index contributed by atoms with van der Waals surface area (Å²) in [4.78, 5) is 28.4. The fourth-order valence-corrected chi connectivity index (χ4v) is 3.66. The third kappa shape index (κ3) is 5.95. The molecule has 0 spiro atoms. The van der Waals surface area contributed by atoms with E-state index < -0.39 is 6.36 Å². The molecule has 6 nitrogen and oxygen atoms in total. The van der Waals surface area contributed by atoms with Crippen molar-refractivity contribution in [3.63, 3.8) is 0 Å². The first kappa shape index (κ1) is 20.1. The smallest absolute Gasteiger partial charge is 0.406 e. The molecule has 1 aromatic carbocycles. The number of thiazole rings is 1. The van der Waals surface area contributed by atoms with Crippen LogP contribution < -0.4 is 15.4 Å². The minimum absolute atomic E-state index is 0.0173. The predicted molar refractivity (Wildman–Crippen MR) is 98.2 cm³/mol. The molecule has 1 aliphatic rings. The molecule has 0 bridgehead atoms. The van der Waals surface area contributed by atoms with Crippen LogP contribution >= 0.6 is 11.3 Å². The van der Waals surface area contributed by atoms with Crippen molar-refractivity contribution in [2.75, 3.05) is 10.6 Å². The molecule has 1 heterocycles. The van der Waals surface area contributed by atoms with E-state index in [2.05, 4.69) is 20.4 Å². The topological polar surface area (TPSA) is 80.3 Å². The summed E-state index contributed by atoms with van der Waals surface area (Å²) in [5.74, 6) is -0.750. The van der Waals surface area contributed by atoms with Gasteiger partial charge in [0.1, 0.15) is 5.75 Å². The minimum Gasteiger partial charge on any atom is -0.406 e. The van der Waals surface area contributed by atoms with Gasteiger partial charge in [-0.2, -0.15) is 0 Å². The molecule has 1 fully saturated rings.